The Hall–Kier alpha value is -2.99. The lowest BCUT2D eigenvalue weighted by atomic mass is 9.94. The lowest BCUT2D eigenvalue weighted by Crippen LogP contribution is -2.54. The van der Waals surface area contributed by atoms with Gasteiger partial charge in [-0.05, 0) is 51.7 Å². The fraction of sp³-hybridized carbons (Fsp3) is 0.500. The molecule has 12 heteroatoms. The first kappa shape index (κ1) is 33.2. The molecule has 0 saturated carbocycles. The summed E-state index contributed by atoms with van der Waals surface area (Å²) in [6, 6.07) is 7.89. The van der Waals surface area contributed by atoms with E-state index in [1.165, 1.54) is 24.8 Å². The molecule has 1 aliphatic rings. The van der Waals surface area contributed by atoms with Crippen LogP contribution in [-0.2, 0) is 30.7 Å². The molecule has 0 bridgehead atoms. The van der Waals surface area contributed by atoms with Crippen molar-refractivity contribution in [1.29, 1.82) is 4.78 Å². The van der Waals surface area contributed by atoms with Gasteiger partial charge < -0.3 is 9.64 Å². The molecule has 3 rings (SSSR count). The molecule has 3 atom stereocenters. The van der Waals surface area contributed by atoms with E-state index in [0.29, 0.717) is 5.56 Å². The first-order chi connectivity index (χ1) is 18.4. The summed E-state index contributed by atoms with van der Waals surface area (Å²) >= 11 is 0. The Morgan fingerprint density at radius 2 is 1.70 bits per heavy atom. The van der Waals surface area contributed by atoms with Crippen LogP contribution >= 0.6 is 0 Å². The molecule has 1 amide bonds. The van der Waals surface area contributed by atoms with Crippen LogP contribution in [0.2, 0.25) is 0 Å². The van der Waals surface area contributed by atoms with Crippen LogP contribution in [0.15, 0.2) is 36.4 Å². The number of benzene rings is 2. The van der Waals surface area contributed by atoms with Crippen molar-refractivity contribution >= 4 is 21.8 Å². The fourth-order valence-corrected chi connectivity index (χ4v) is 5.68. The summed E-state index contributed by atoms with van der Waals surface area (Å²) in [4.78, 5) is 26.1. The molecule has 3 unspecified atom stereocenters. The van der Waals surface area contributed by atoms with Gasteiger partial charge in [-0.15, -0.1) is 0 Å². The molecule has 0 radical (unpaired) electrons. The predicted molar refractivity (Wildman–Crippen MR) is 146 cm³/mol. The third kappa shape index (κ3) is 7.60. The first-order valence-electron chi connectivity index (χ1n) is 12.9. The SMILES string of the molecule is CC.CC(=O)OC(C)(C)C(=O)N1CCC(NS(=N)(=O)C(F)(F)F)C1Cc1cccc(-c2cc(C)cc(C)c2)c1F. The largest absolute Gasteiger partial charge is 0.492 e. The molecule has 1 fully saturated rings. The molecule has 2 N–H and O–H groups in total. The van der Waals surface area contributed by atoms with Crippen molar-refractivity contribution in [2.75, 3.05) is 6.54 Å². The van der Waals surface area contributed by atoms with Gasteiger partial charge in [-0.25, -0.2) is 18.1 Å². The molecule has 0 aliphatic carbocycles. The van der Waals surface area contributed by atoms with E-state index in [1.807, 2.05) is 50.6 Å². The molecule has 2 aromatic rings. The van der Waals surface area contributed by atoms with E-state index in [0.717, 1.165) is 18.1 Å². The summed E-state index contributed by atoms with van der Waals surface area (Å²) in [5.74, 6) is -2.03. The van der Waals surface area contributed by atoms with Crippen molar-refractivity contribution in [3.05, 3.63) is 58.9 Å². The van der Waals surface area contributed by atoms with Crippen molar-refractivity contribution in [1.82, 2.24) is 9.62 Å². The number of rotatable bonds is 7. The number of ether oxygens (including phenoxy) is 1. The van der Waals surface area contributed by atoms with Crippen LogP contribution in [-0.4, -0.2) is 50.7 Å². The van der Waals surface area contributed by atoms with Crippen LogP contribution in [0, 0.1) is 24.4 Å². The Labute approximate surface area is 233 Å². The van der Waals surface area contributed by atoms with Crippen molar-refractivity contribution < 1.29 is 36.1 Å². The lowest BCUT2D eigenvalue weighted by Gasteiger charge is -2.34. The average molecular weight is 588 g/mol. The van der Waals surface area contributed by atoms with Gasteiger partial charge in [-0.1, -0.05) is 61.4 Å². The Kier molecular flexibility index (Phi) is 10.5. The molecule has 222 valence electrons. The minimum atomic E-state index is -5.35. The van der Waals surface area contributed by atoms with E-state index in [2.05, 4.69) is 0 Å². The number of carbonyl (C=O) groups is 2. The van der Waals surface area contributed by atoms with Crippen molar-refractivity contribution in [3.8, 4) is 11.1 Å². The first-order valence-corrected chi connectivity index (χ1v) is 14.5. The Bertz CT molecular complexity index is 1320. The summed E-state index contributed by atoms with van der Waals surface area (Å²) in [5, 5.41) is 0. The molecular weight excluding hydrogens is 550 g/mol. The monoisotopic (exact) mass is 587 g/mol. The highest BCUT2D eigenvalue weighted by atomic mass is 32.2. The van der Waals surface area contributed by atoms with Gasteiger partial charge in [0.25, 0.3) is 5.91 Å². The lowest BCUT2D eigenvalue weighted by molar-refractivity contribution is -0.169. The number of alkyl halides is 3. The van der Waals surface area contributed by atoms with Crippen molar-refractivity contribution in [3.63, 3.8) is 0 Å². The Morgan fingerprint density at radius 1 is 1.12 bits per heavy atom. The van der Waals surface area contributed by atoms with Gasteiger partial charge in [0.2, 0.25) is 9.92 Å². The van der Waals surface area contributed by atoms with Crippen LogP contribution in [0.5, 0.6) is 0 Å². The molecule has 1 heterocycles. The van der Waals surface area contributed by atoms with Crippen LogP contribution < -0.4 is 4.72 Å². The highest BCUT2D eigenvalue weighted by molar-refractivity contribution is 7.91. The number of likely N-dealkylation sites (tertiary alicyclic amines) is 1. The van der Waals surface area contributed by atoms with E-state index in [1.54, 1.807) is 12.1 Å². The second-order valence-electron chi connectivity index (χ2n) is 10.0. The number of nitrogens with zero attached hydrogens (tertiary/aromatic N) is 1. The zero-order valence-electron chi connectivity index (χ0n) is 23.7. The quantitative estimate of drug-likeness (QED) is 0.304. The number of esters is 1. The van der Waals surface area contributed by atoms with Crippen LogP contribution in [0.4, 0.5) is 17.6 Å². The van der Waals surface area contributed by atoms with Gasteiger partial charge in [0.05, 0.1) is 6.04 Å². The number of hydrogen-bond donors (Lipinski definition) is 2. The zero-order chi connectivity index (χ0) is 30.6. The smallest absolute Gasteiger partial charge is 0.450 e. The minimum Gasteiger partial charge on any atom is -0.450 e. The number of halogens is 4. The van der Waals surface area contributed by atoms with Gasteiger partial charge >= 0.3 is 11.5 Å². The van der Waals surface area contributed by atoms with Gasteiger partial charge in [0, 0.05) is 25.1 Å². The summed E-state index contributed by atoms with van der Waals surface area (Å²) < 4.78 is 82.1. The summed E-state index contributed by atoms with van der Waals surface area (Å²) in [7, 11) is -5.25. The maximum absolute atomic E-state index is 15.8. The van der Waals surface area contributed by atoms with Crippen molar-refractivity contribution in [2.45, 2.75) is 84.5 Å². The number of amides is 1. The number of nitrogens with one attached hydrogen (secondary N) is 2. The summed E-state index contributed by atoms with van der Waals surface area (Å²) in [6.45, 7) is 11.5. The third-order valence-electron chi connectivity index (χ3n) is 6.40. The van der Waals surface area contributed by atoms with E-state index in [9.17, 15) is 27.0 Å². The summed E-state index contributed by atoms with van der Waals surface area (Å²) in [6.07, 6.45) is -0.297. The van der Waals surface area contributed by atoms with Gasteiger partial charge in [0.1, 0.15) is 5.82 Å². The van der Waals surface area contributed by atoms with E-state index < -0.39 is 50.8 Å². The van der Waals surface area contributed by atoms with Gasteiger partial charge in [-0.2, -0.15) is 13.2 Å². The molecule has 0 spiro atoms. The van der Waals surface area contributed by atoms with E-state index >= 15 is 4.39 Å². The standard InChI is InChI=1S/C26H31F4N3O4S.C2H6/c1-15-11-16(2)13-19(12-15)20-8-6-7-18(23(20)27)14-22-21(32-38(31,36)26(28,29)30)9-10-33(22)24(35)25(4,5)37-17(3)34;1-2/h6-8,11-13,21-22H,9-10,14H2,1-5H3,(H2,31,32,36);1-2H3. The van der Waals surface area contributed by atoms with Crippen LogP contribution in [0.25, 0.3) is 11.1 Å². The highest BCUT2D eigenvalue weighted by Gasteiger charge is 2.49. The topological polar surface area (TPSA) is 99.6 Å². The van der Waals surface area contributed by atoms with Crippen LogP contribution in [0.3, 0.4) is 0 Å². The maximum Gasteiger partial charge on any atom is 0.492 e. The maximum atomic E-state index is 15.8. The highest BCUT2D eigenvalue weighted by Crippen LogP contribution is 2.33. The summed E-state index contributed by atoms with van der Waals surface area (Å²) in [5.41, 5.74) is -4.11. The molecular formula is C28H37F4N3O4S. The predicted octanol–water partition coefficient (Wildman–Crippen LogP) is 6.06. The second kappa shape index (κ2) is 12.7. The second-order valence-corrected chi connectivity index (χ2v) is 11.9. The number of hydrogen-bond acceptors (Lipinski definition) is 5. The Morgan fingerprint density at radius 3 is 2.23 bits per heavy atom. The normalized spacial score (nSPS) is 18.9. The van der Waals surface area contributed by atoms with E-state index in [-0.39, 0.29) is 30.5 Å². The van der Waals surface area contributed by atoms with Crippen molar-refractivity contribution in [2.24, 2.45) is 0 Å². The average Bonchev–Trinajstić information content (AvgIpc) is 3.20. The van der Waals surface area contributed by atoms with E-state index in [4.69, 9.17) is 9.52 Å². The molecule has 0 aromatic heterocycles. The van der Waals surface area contributed by atoms with Gasteiger partial charge in [-0.3, -0.25) is 9.59 Å². The molecule has 1 aliphatic heterocycles. The Balaban J connectivity index is 0.00000274. The zero-order valence-corrected chi connectivity index (χ0v) is 24.6. The fourth-order valence-electron chi connectivity index (χ4n) is 4.84. The minimum absolute atomic E-state index is 0.0718. The molecule has 2 aromatic carbocycles. The number of carbonyl (C=O) groups excluding carboxylic acids is 2. The molecule has 1 saturated heterocycles. The molecule has 7 nitrogen and oxygen atoms in total. The van der Waals surface area contributed by atoms with Gasteiger partial charge in [0.15, 0.2) is 5.60 Å². The van der Waals surface area contributed by atoms with Crippen LogP contribution in [0.1, 0.15) is 57.7 Å². The third-order valence-corrected chi connectivity index (χ3v) is 7.69. The molecule has 40 heavy (non-hydrogen) atoms. The number of aryl methyl sites for hydroxylation is 2.